The highest BCUT2D eigenvalue weighted by molar-refractivity contribution is 6.11. The van der Waals surface area contributed by atoms with Gasteiger partial charge in [-0.2, -0.15) is 0 Å². The molecule has 1 heterocycles. The first-order valence-corrected chi connectivity index (χ1v) is 8.34. The molecule has 1 saturated heterocycles. The molecule has 0 bridgehead atoms. The van der Waals surface area contributed by atoms with Gasteiger partial charge in [0.15, 0.2) is 0 Å². The van der Waals surface area contributed by atoms with Crippen LogP contribution in [-0.4, -0.2) is 36.7 Å². The number of hydrogen-bond acceptors (Lipinski definition) is 1. The fraction of sp³-hybridized carbons (Fsp3) is 0.938. The van der Waals surface area contributed by atoms with Gasteiger partial charge in [0, 0.05) is 24.5 Å². The first-order valence-electron chi connectivity index (χ1n) is 8.34. The zero-order valence-corrected chi connectivity index (χ0v) is 13.5. The van der Waals surface area contributed by atoms with Crippen molar-refractivity contribution in [1.82, 2.24) is 4.90 Å². The monoisotopic (exact) mass is 262 g/mol. The molecule has 3 heteroatoms. The average Bonchev–Trinajstić information content (AvgIpc) is 2.58. The number of amidine groups is 1. The van der Waals surface area contributed by atoms with Gasteiger partial charge in [-0.15, -0.1) is 0 Å². The van der Waals surface area contributed by atoms with Crippen LogP contribution in [0.4, 0.5) is 0 Å². The van der Waals surface area contributed by atoms with Crippen LogP contribution in [0.1, 0.15) is 66.2 Å². The number of aliphatic imine (C=N–C) groups is 1. The largest absolute Gasteiger partial charge is 0.355 e. The minimum atomic E-state index is 0.429. The highest BCUT2D eigenvalue weighted by Crippen LogP contribution is 2.39. The number of fused-ring (bicyclic) bond motifs is 1. The van der Waals surface area contributed by atoms with Gasteiger partial charge in [-0.1, -0.05) is 31.5 Å². The van der Waals surface area contributed by atoms with Gasteiger partial charge in [0.05, 0.1) is 0 Å². The van der Waals surface area contributed by atoms with Gasteiger partial charge >= 0.3 is 0 Å². The van der Waals surface area contributed by atoms with E-state index in [-0.39, 0.29) is 0 Å². The van der Waals surface area contributed by atoms with Crippen LogP contribution < -0.4 is 0 Å². The summed E-state index contributed by atoms with van der Waals surface area (Å²) in [6, 6.07) is 1.79. The highest BCUT2D eigenvalue weighted by atomic mass is 15.3. The van der Waals surface area contributed by atoms with E-state index in [1.165, 1.54) is 44.4 Å². The van der Waals surface area contributed by atoms with Crippen LogP contribution in [0.3, 0.4) is 0 Å². The van der Waals surface area contributed by atoms with E-state index < -0.39 is 0 Å². The van der Waals surface area contributed by atoms with Crippen LogP contribution in [0, 0.1) is 5.92 Å². The van der Waals surface area contributed by atoms with Crippen molar-refractivity contribution in [3.05, 3.63) is 0 Å². The Labute approximate surface area is 120 Å². The predicted molar refractivity (Wildman–Crippen MR) is 86.8 cm³/mol. The molecule has 0 amide bonds. The molecule has 0 radical (unpaired) electrons. The van der Waals surface area contributed by atoms with E-state index in [1.807, 2.05) is 0 Å². The fourth-order valence-electron chi connectivity index (χ4n) is 4.09. The van der Waals surface area contributed by atoms with Crippen LogP contribution in [0.5, 0.6) is 0 Å². The van der Waals surface area contributed by atoms with Crippen LogP contribution in [0.2, 0.25) is 5.82 Å². The molecule has 2 aliphatic rings. The lowest BCUT2D eigenvalue weighted by molar-refractivity contribution is 0.202. The lowest BCUT2D eigenvalue weighted by Gasteiger charge is -2.35. The second-order valence-electron chi connectivity index (χ2n) is 7.30. The average molecular weight is 262 g/mol. The Morgan fingerprint density at radius 3 is 2.47 bits per heavy atom. The summed E-state index contributed by atoms with van der Waals surface area (Å²) in [7, 11) is 2.44. The third kappa shape index (κ3) is 3.55. The minimum Gasteiger partial charge on any atom is -0.355 e. The number of rotatable bonds is 2. The second-order valence-corrected chi connectivity index (χ2v) is 7.30. The van der Waals surface area contributed by atoms with Crippen molar-refractivity contribution in [3.8, 4) is 0 Å². The quantitative estimate of drug-likeness (QED) is 0.697. The van der Waals surface area contributed by atoms with Crippen molar-refractivity contribution in [2.24, 2.45) is 10.9 Å². The van der Waals surface area contributed by atoms with Gasteiger partial charge in [0.2, 0.25) is 0 Å². The number of hydrogen-bond donors (Lipinski definition) is 0. The van der Waals surface area contributed by atoms with Crippen LogP contribution in [0.25, 0.3) is 0 Å². The summed E-state index contributed by atoms with van der Waals surface area (Å²) in [5, 5.41) is 0. The Balaban J connectivity index is 2.21. The molecule has 0 spiro atoms. The van der Waals surface area contributed by atoms with E-state index in [1.54, 1.807) is 0 Å². The van der Waals surface area contributed by atoms with Crippen molar-refractivity contribution in [1.29, 1.82) is 0 Å². The molecule has 0 aromatic rings. The third-order valence-corrected chi connectivity index (χ3v) is 4.76. The molecule has 3 unspecified atom stereocenters. The molecule has 0 N–H and O–H groups in total. The highest BCUT2D eigenvalue weighted by Gasteiger charge is 2.39. The number of likely N-dealkylation sites (tertiary alicyclic amines) is 1. The van der Waals surface area contributed by atoms with Crippen molar-refractivity contribution in [2.75, 3.05) is 0 Å². The lowest BCUT2D eigenvalue weighted by atomic mass is 9.72. The van der Waals surface area contributed by atoms with Crippen molar-refractivity contribution in [2.45, 2.75) is 90.2 Å². The molecule has 0 aromatic heterocycles. The van der Waals surface area contributed by atoms with E-state index >= 15 is 0 Å². The van der Waals surface area contributed by atoms with Crippen molar-refractivity contribution < 1.29 is 0 Å². The van der Waals surface area contributed by atoms with Gasteiger partial charge < -0.3 is 4.90 Å². The zero-order chi connectivity index (χ0) is 14.0. The van der Waals surface area contributed by atoms with Gasteiger partial charge in [-0.25, -0.2) is 0 Å². The topological polar surface area (TPSA) is 15.6 Å². The second kappa shape index (κ2) is 6.32. The Morgan fingerprint density at radius 1 is 1.16 bits per heavy atom. The molecule has 3 atom stereocenters. The third-order valence-electron chi connectivity index (χ3n) is 4.76. The van der Waals surface area contributed by atoms with E-state index in [4.69, 9.17) is 4.99 Å². The van der Waals surface area contributed by atoms with Gasteiger partial charge in [0.1, 0.15) is 13.7 Å². The summed E-state index contributed by atoms with van der Waals surface area (Å²) < 4.78 is 0. The summed E-state index contributed by atoms with van der Waals surface area (Å²) >= 11 is 0. The van der Waals surface area contributed by atoms with Gasteiger partial charge in [-0.3, -0.25) is 4.99 Å². The van der Waals surface area contributed by atoms with E-state index in [0.29, 0.717) is 12.1 Å². The zero-order valence-electron chi connectivity index (χ0n) is 13.5. The maximum absolute atomic E-state index is 4.93. The first kappa shape index (κ1) is 14.9. The smallest absolute Gasteiger partial charge is 0.105 e. The van der Waals surface area contributed by atoms with Crippen molar-refractivity contribution in [3.63, 3.8) is 0 Å². The molecular formula is C16H31BN2. The molecule has 1 saturated carbocycles. The molecule has 108 valence electrons. The Bertz CT molecular complexity index is 325. The summed E-state index contributed by atoms with van der Waals surface area (Å²) in [6.07, 6.45) is 8.28. The standard InChI is InChI=1S/C16H31BN2/c1-11(2)18-16-10-13-9-14(17)7-5-6-8-15(13)19(16)12(3)4/h11-15H,5-10,17H2,1-4H3/b18-16+. The summed E-state index contributed by atoms with van der Waals surface area (Å²) in [4.78, 5) is 7.59. The SMILES string of the molecule is BC1CCCCC2C(C/C(=N\C(C)C)N2C(C)C)C1. The molecule has 2 fully saturated rings. The molecule has 0 aromatic carbocycles. The van der Waals surface area contributed by atoms with E-state index in [2.05, 4.69) is 40.4 Å². The molecular weight excluding hydrogens is 231 g/mol. The maximum Gasteiger partial charge on any atom is 0.105 e. The van der Waals surface area contributed by atoms with Crippen LogP contribution in [-0.2, 0) is 0 Å². The molecule has 2 rings (SSSR count). The summed E-state index contributed by atoms with van der Waals surface area (Å²) in [5.74, 6) is 3.16. The fourth-order valence-corrected chi connectivity index (χ4v) is 4.09. The maximum atomic E-state index is 4.93. The molecule has 1 aliphatic carbocycles. The minimum absolute atomic E-state index is 0.429. The normalized spacial score (nSPS) is 34.7. The summed E-state index contributed by atoms with van der Waals surface area (Å²) in [6.45, 7) is 9.07. The Morgan fingerprint density at radius 2 is 1.84 bits per heavy atom. The Kier molecular flexibility index (Phi) is 4.97. The predicted octanol–water partition coefficient (Wildman–Crippen LogP) is 3.28. The molecule has 1 aliphatic heterocycles. The van der Waals surface area contributed by atoms with Gasteiger partial charge in [-0.05, 0) is 40.0 Å². The number of nitrogens with zero attached hydrogens (tertiary/aromatic N) is 2. The Hall–Kier alpha value is -0.465. The lowest BCUT2D eigenvalue weighted by Crippen LogP contribution is -2.41. The van der Waals surface area contributed by atoms with Crippen LogP contribution in [0.15, 0.2) is 4.99 Å². The summed E-state index contributed by atoms with van der Waals surface area (Å²) in [5.41, 5.74) is 0. The molecule has 19 heavy (non-hydrogen) atoms. The van der Waals surface area contributed by atoms with Gasteiger partial charge in [0.25, 0.3) is 0 Å². The van der Waals surface area contributed by atoms with Crippen LogP contribution >= 0.6 is 0 Å². The molecule has 2 nitrogen and oxygen atoms in total. The first-order chi connectivity index (χ1) is 8.99. The van der Waals surface area contributed by atoms with E-state index in [9.17, 15) is 0 Å². The van der Waals surface area contributed by atoms with E-state index in [0.717, 1.165) is 17.8 Å². The van der Waals surface area contributed by atoms with Crippen molar-refractivity contribution >= 4 is 13.7 Å².